The summed E-state index contributed by atoms with van der Waals surface area (Å²) < 4.78 is 7.13. The highest BCUT2D eigenvalue weighted by atomic mass is 32.2. The third-order valence-electron chi connectivity index (χ3n) is 4.07. The molecule has 2 aromatic carbocycles. The molecule has 4 rings (SSSR count). The third kappa shape index (κ3) is 3.26. The van der Waals surface area contributed by atoms with E-state index in [4.69, 9.17) is 9.72 Å². The first-order valence-electron chi connectivity index (χ1n) is 8.77. The maximum atomic E-state index is 12.7. The Bertz CT molecular complexity index is 1170. The molecule has 6 nitrogen and oxygen atoms in total. The van der Waals surface area contributed by atoms with Crippen molar-refractivity contribution in [3.8, 4) is 17.0 Å². The van der Waals surface area contributed by atoms with Gasteiger partial charge in [-0.05, 0) is 49.1 Å². The van der Waals surface area contributed by atoms with E-state index in [-0.39, 0.29) is 5.56 Å². The molecule has 0 fully saturated rings. The van der Waals surface area contributed by atoms with Gasteiger partial charge in [-0.15, -0.1) is 0 Å². The van der Waals surface area contributed by atoms with Gasteiger partial charge in [0.2, 0.25) is 0 Å². The van der Waals surface area contributed by atoms with Crippen LogP contribution in [0.1, 0.15) is 13.8 Å². The molecule has 0 N–H and O–H groups in total. The lowest BCUT2D eigenvalue weighted by Crippen LogP contribution is -2.17. The number of para-hydroxylation sites is 1. The van der Waals surface area contributed by atoms with Crippen molar-refractivity contribution < 1.29 is 4.74 Å². The van der Waals surface area contributed by atoms with Gasteiger partial charge in [0.25, 0.3) is 5.56 Å². The van der Waals surface area contributed by atoms with Crippen LogP contribution in [0.4, 0.5) is 0 Å². The minimum absolute atomic E-state index is 0.297. The molecule has 0 bridgehead atoms. The Morgan fingerprint density at radius 3 is 2.56 bits per heavy atom. The summed E-state index contributed by atoms with van der Waals surface area (Å²) in [6.45, 7) is 4.57. The standard InChI is InChI=1S/C20H18N4O2S/c1-3-26-14-11-9-13(10-12-14)17-19(25)22-18-15-7-5-6-8-16(15)21-20(27-4-2)24(18)23-17/h5-12H,3-4H2,1-2H3. The third-order valence-corrected chi connectivity index (χ3v) is 4.88. The van der Waals surface area contributed by atoms with E-state index in [1.165, 1.54) is 0 Å². The van der Waals surface area contributed by atoms with Crippen molar-refractivity contribution in [2.24, 2.45) is 0 Å². The van der Waals surface area contributed by atoms with E-state index in [2.05, 4.69) is 17.0 Å². The molecular formula is C20H18N4O2S. The van der Waals surface area contributed by atoms with E-state index in [9.17, 15) is 4.79 Å². The molecule has 0 saturated carbocycles. The average Bonchev–Trinajstić information content (AvgIpc) is 2.69. The number of rotatable bonds is 5. The Kier molecular flexibility index (Phi) is 4.77. The number of nitrogens with zero attached hydrogens (tertiary/aromatic N) is 4. The van der Waals surface area contributed by atoms with Gasteiger partial charge in [0.15, 0.2) is 16.5 Å². The minimum atomic E-state index is -0.358. The number of fused-ring (bicyclic) bond motifs is 3. The van der Waals surface area contributed by atoms with E-state index < -0.39 is 0 Å². The van der Waals surface area contributed by atoms with Gasteiger partial charge in [0, 0.05) is 10.9 Å². The van der Waals surface area contributed by atoms with E-state index in [0.717, 1.165) is 22.4 Å². The summed E-state index contributed by atoms with van der Waals surface area (Å²) in [5, 5.41) is 6.13. The van der Waals surface area contributed by atoms with Crippen molar-refractivity contribution in [1.29, 1.82) is 0 Å². The SMILES string of the molecule is CCOc1ccc(-c2nn3c(SCC)nc4ccccc4c3nc2=O)cc1. The lowest BCUT2D eigenvalue weighted by Gasteiger charge is -2.10. The van der Waals surface area contributed by atoms with Crippen LogP contribution in [0.3, 0.4) is 0 Å². The normalized spacial score (nSPS) is 11.2. The number of thioether (sulfide) groups is 1. The molecule has 2 aromatic heterocycles. The van der Waals surface area contributed by atoms with E-state index in [1.54, 1.807) is 16.3 Å². The number of hydrogen-bond acceptors (Lipinski definition) is 6. The predicted octanol–water partition coefficient (Wildman–Crippen LogP) is 3.82. The molecular weight excluding hydrogens is 360 g/mol. The monoisotopic (exact) mass is 378 g/mol. The number of hydrogen-bond donors (Lipinski definition) is 0. The molecule has 0 amide bonds. The summed E-state index contributed by atoms with van der Waals surface area (Å²) in [7, 11) is 0. The maximum Gasteiger partial charge on any atom is 0.300 e. The average molecular weight is 378 g/mol. The highest BCUT2D eigenvalue weighted by Gasteiger charge is 2.14. The van der Waals surface area contributed by atoms with Gasteiger partial charge in [-0.3, -0.25) is 4.79 Å². The second kappa shape index (κ2) is 7.36. The Morgan fingerprint density at radius 1 is 1.04 bits per heavy atom. The topological polar surface area (TPSA) is 69.4 Å². The molecule has 7 heteroatoms. The van der Waals surface area contributed by atoms with Crippen molar-refractivity contribution in [3.63, 3.8) is 0 Å². The first-order chi connectivity index (χ1) is 13.2. The van der Waals surface area contributed by atoms with Gasteiger partial charge in [-0.2, -0.15) is 14.6 Å². The smallest absolute Gasteiger partial charge is 0.300 e. The Morgan fingerprint density at radius 2 is 1.81 bits per heavy atom. The van der Waals surface area contributed by atoms with E-state index in [0.29, 0.717) is 28.7 Å². The van der Waals surface area contributed by atoms with Gasteiger partial charge in [0.05, 0.1) is 12.1 Å². The molecule has 0 atom stereocenters. The second-order valence-corrected chi connectivity index (χ2v) is 7.03. The zero-order valence-corrected chi connectivity index (χ0v) is 15.9. The minimum Gasteiger partial charge on any atom is -0.494 e. The van der Waals surface area contributed by atoms with Crippen LogP contribution >= 0.6 is 11.8 Å². The zero-order valence-electron chi connectivity index (χ0n) is 15.0. The number of ether oxygens (including phenoxy) is 1. The molecule has 2 heterocycles. The maximum absolute atomic E-state index is 12.7. The van der Waals surface area contributed by atoms with Gasteiger partial charge >= 0.3 is 0 Å². The lowest BCUT2D eigenvalue weighted by molar-refractivity contribution is 0.340. The van der Waals surface area contributed by atoms with Crippen molar-refractivity contribution in [3.05, 3.63) is 58.9 Å². The van der Waals surface area contributed by atoms with Crippen LogP contribution in [0, 0.1) is 0 Å². The highest BCUT2D eigenvalue weighted by Crippen LogP contribution is 2.24. The fraction of sp³-hybridized carbons (Fsp3) is 0.200. The quantitative estimate of drug-likeness (QED) is 0.299. The number of benzene rings is 2. The summed E-state index contributed by atoms with van der Waals surface area (Å²) in [6, 6.07) is 15.0. The Labute approximate surface area is 160 Å². The summed E-state index contributed by atoms with van der Waals surface area (Å²) in [5.41, 5.74) is 1.96. The van der Waals surface area contributed by atoms with Gasteiger partial charge in [-0.25, -0.2) is 4.98 Å². The molecule has 0 spiro atoms. The van der Waals surface area contributed by atoms with Crippen molar-refractivity contribution in [1.82, 2.24) is 19.6 Å². The highest BCUT2D eigenvalue weighted by molar-refractivity contribution is 7.99. The fourth-order valence-electron chi connectivity index (χ4n) is 2.88. The van der Waals surface area contributed by atoms with Crippen molar-refractivity contribution >= 4 is 28.3 Å². The Balaban J connectivity index is 1.95. The van der Waals surface area contributed by atoms with Crippen LogP contribution in [0.25, 0.3) is 27.8 Å². The summed E-state index contributed by atoms with van der Waals surface area (Å²) in [4.78, 5) is 21.8. The predicted molar refractivity (Wildman–Crippen MR) is 108 cm³/mol. The van der Waals surface area contributed by atoms with Gasteiger partial charge < -0.3 is 4.74 Å². The number of aromatic nitrogens is 4. The van der Waals surface area contributed by atoms with Crippen molar-refractivity contribution in [2.45, 2.75) is 19.0 Å². The molecule has 0 aliphatic rings. The second-order valence-electron chi connectivity index (χ2n) is 5.80. The summed E-state index contributed by atoms with van der Waals surface area (Å²) >= 11 is 1.57. The lowest BCUT2D eigenvalue weighted by atomic mass is 10.1. The summed E-state index contributed by atoms with van der Waals surface area (Å²) in [6.07, 6.45) is 0. The molecule has 4 aromatic rings. The molecule has 27 heavy (non-hydrogen) atoms. The zero-order chi connectivity index (χ0) is 18.8. The molecule has 0 aliphatic heterocycles. The largest absolute Gasteiger partial charge is 0.494 e. The van der Waals surface area contributed by atoms with Crippen molar-refractivity contribution in [2.75, 3.05) is 12.4 Å². The van der Waals surface area contributed by atoms with Crippen LogP contribution < -0.4 is 10.3 Å². The van der Waals surface area contributed by atoms with Crippen LogP contribution in [-0.2, 0) is 0 Å². The van der Waals surface area contributed by atoms with E-state index in [1.807, 2.05) is 55.5 Å². The first kappa shape index (κ1) is 17.5. The van der Waals surface area contributed by atoms with Crippen LogP contribution in [-0.4, -0.2) is 31.9 Å². The molecule has 0 radical (unpaired) electrons. The molecule has 0 aliphatic carbocycles. The van der Waals surface area contributed by atoms with Gasteiger partial charge in [-0.1, -0.05) is 30.8 Å². The van der Waals surface area contributed by atoms with Crippen LogP contribution in [0.15, 0.2) is 58.5 Å². The van der Waals surface area contributed by atoms with Crippen LogP contribution in [0.5, 0.6) is 5.75 Å². The molecule has 0 saturated heterocycles. The van der Waals surface area contributed by atoms with Gasteiger partial charge in [0.1, 0.15) is 5.75 Å². The Hall–Kier alpha value is -2.93. The first-order valence-corrected chi connectivity index (χ1v) is 9.75. The summed E-state index contributed by atoms with van der Waals surface area (Å²) in [5.74, 6) is 1.59. The molecule has 136 valence electrons. The molecule has 0 unspecified atom stereocenters. The van der Waals surface area contributed by atoms with Crippen LogP contribution in [0.2, 0.25) is 0 Å². The fourth-order valence-corrected chi connectivity index (χ4v) is 3.56. The van der Waals surface area contributed by atoms with E-state index >= 15 is 0 Å².